The Labute approximate surface area is 126 Å². The van der Waals surface area contributed by atoms with Gasteiger partial charge in [-0.3, -0.25) is 4.79 Å². The summed E-state index contributed by atoms with van der Waals surface area (Å²) in [6.45, 7) is 0. The number of carbonyl (C=O) groups excluding carboxylic acids is 1. The Morgan fingerprint density at radius 1 is 1.42 bits per heavy atom. The molecule has 1 aromatic carbocycles. The zero-order chi connectivity index (χ0) is 14.0. The summed E-state index contributed by atoms with van der Waals surface area (Å²) in [4.78, 5) is 12.6. The summed E-state index contributed by atoms with van der Waals surface area (Å²) in [7, 11) is -3.02. The number of hydrogen-bond donors (Lipinski definition) is 2. The van der Waals surface area contributed by atoms with E-state index in [1.807, 2.05) is 0 Å². The van der Waals surface area contributed by atoms with Crippen molar-refractivity contribution in [2.45, 2.75) is 23.8 Å². The van der Waals surface area contributed by atoms with Gasteiger partial charge in [-0.25, -0.2) is 8.42 Å². The van der Waals surface area contributed by atoms with Crippen molar-refractivity contribution in [3.8, 4) is 0 Å². The Morgan fingerprint density at radius 3 is 2.79 bits per heavy atom. The van der Waals surface area contributed by atoms with Gasteiger partial charge in [0.1, 0.15) is 0 Å². The maximum absolute atomic E-state index is 12.1. The molecule has 1 fully saturated rings. The molecule has 1 heterocycles. The predicted molar refractivity (Wildman–Crippen MR) is 80.5 cm³/mol. The van der Waals surface area contributed by atoms with Crippen LogP contribution in [0.15, 0.2) is 27.6 Å². The molecule has 7 heteroatoms. The lowest BCUT2D eigenvalue weighted by Gasteiger charge is -2.23. The van der Waals surface area contributed by atoms with Crippen molar-refractivity contribution >= 4 is 44.3 Å². The van der Waals surface area contributed by atoms with Gasteiger partial charge in [0.15, 0.2) is 9.84 Å². The average Bonchev–Trinajstić information content (AvgIpc) is 2.27. The molecule has 0 spiro atoms. The highest BCUT2D eigenvalue weighted by Gasteiger charge is 2.26. The maximum Gasteiger partial charge on any atom is 0.252 e. The number of nitrogens with one attached hydrogen (secondary N) is 1. The molecule has 19 heavy (non-hydrogen) atoms. The molecule has 0 radical (unpaired) electrons. The first kappa shape index (κ1) is 14.9. The van der Waals surface area contributed by atoms with Gasteiger partial charge in [0.05, 0.1) is 17.1 Å². The topological polar surface area (TPSA) is 63.2 Å². The lowest BCUT2D eigenvalue weighted by molar-refractivity contribution is 0.0935. The molecule has 1 atom stereocenters. The van der Waals surface area contributed by atoms with Gasteiger partial charge in [-0.05, 0) is 31.0 Å². The summed E-state index contributed by atoms with van der Waals surface area (Å²) in [6, 6.07) is 4.85. The second-order valence-electron chi connectivity index (χ2n) is 4.59. The van der Waals surface area contributed by atoms with Crippen LogP contribution in [0.3, 0.4) is 0 Å². The van der Waals surface area contributed by atoms with Crippen molar-refractivity contribution in [2.24, 2.45) is 0 Å². The molecule has 0 aromatic heterocycles. The largest absolute Gasteiger partial charge is 0.348 e. The third-order valence-electron chi connectivity index (χ3n) is 3.00. The van der Waals surface area contributed by atoms with Gasteiger partial charge in [0.25, 0.3) is 5.91 Å². The lowest BCUT2D eigenvalue weighted by atomic mass is 10.1. The first-order valence-corrected chi connectivity index (χ1v) is 8.93. The average molecular weight is 364 g/mol. The van der Waals surface area contributed by atoms with Gasteiger partial charge < -0.3 is 5.32 Å². The van der Waals surface area contributed by atoms with Crippen LogP contribution in [0, 0.1) is 0 Å². The molecule has 4 nitrogen and oxygen atoms in total. The highest BCUT2D eigenvalue weighted by molar-refractivity contribution is 9.10. The van der Waals surface area contributed by atoms with Crippen LogP contribution in [-0.2, 0) is 9.84 Å². The summed E-state index contributed by atoms with van der Waals surface area (Å²) in [6.07, 6.45) is 1.30. The van der Waals surface area contributed by atoms with Gasteiger partial charge in [-0.15, -0.1) is 12.6 Å². The third kappa shape index (κ3) is 3.97. The van der Waals surface area contributed by atoms with E-state index in [2.05, 4.69) is 33.9 Å². The number of amides is 1. The quantitative estimate of drug-likeness (QED) is 0.790. The van der Waals surface area contributed by atoms with Crippen LogP contribution in [0.1, 0.15) is 23.2 Å². The van der Waals surface area contributed by atoms with E-state index in [9.17, 15) is 13.2 Å². The summed E-state index contributed by atoms with van der Waals surface area (Å²) >= 11 is 7.55. The summed E-state index contributed by atoms with van der Waals surface area (Å²) in [5.74, 6) is -0.0354. The highest BCUT2D eigenvalue weighted by atomic mass is 79.9. The van der Waals surface area contributed by atoms with Crippen LogP contribution in [0.5, 0.6) is 0 Å². The SMILES string of the molecule is O=C(NC1CCCS(=O)(=O)C1)c1ccc(Br)cc1S. The number of rotatable bonds is 2. The van der Waals surface area contributed by atoms with E-state index in [1.165, 1.54) is 0 Å². The summed E-state index contributed by atoms with van der Waals surface area (Å²) in [5.41, 5.74) is 0.453. The van der Waals surface area contributed by atoms with Crippen LogP contribution in [0.25, 0.3) is 0 Å². The molecule has 1 aromatic rings. The molecule has 1 N–H and O–H groups in total. The Bertz CT molecular complexity index is 601. The predicted octanol–water partition coefficient (Wildman–Crippen LogP) is 2.04. The van der Waals surface area contributed by atoms with E-state index in [4.69, 9.17) is 0 Å². The van der Waals surface area contributed by atoms with E-state index in [-0.39, 0.29) is 23.5 Å². The highest BCUT2D eigenvalue weighted by Crippen LogP contribution is 2.20. The van der Waals surface area contributed by atoms with E-state index in [0.29, 0.717) is 23.3 Å². The fourth-order valence-electron chi connectivity index (χ4n) is 2.10. The number of thiol groups is 1. The van der Waals surface area contributed by atoms with Crippen molar-refractivity contribution in [3.63, 3.8) is 0 Å². The Kier molecular flexibility index (Phi) is 4.58. The minimum Gasteiger partial charge on any atom is -0.348 e. The number of carbonyl (C=O) groups is 1. The zero-order valence-electron chi connectivity index (χ0n) is 10.1. The van der Waals surface area contributed by atoms with Crippen LogP contribution in [0.4, 0.5) is 0 Å². The molecule has 2 rings (SSSR count). The molecule has 0 aliphatic carbocycles. The second kappa shape index (κ2) is 5.85. The minimum absolute atomic E-state index is 0.0250. The molecule has 1 amide bonds. The second-order valence-corrected chi connectivity index (χ2v) is 8.21. The van der Waals surface area contributed by atoms with E-state index in [0.717, 1.165) is 4.47 Å². The van der Waals surface area contributed by atoms with Crippen molar-refractivity contribution in [1.29, 1.82) is 0 Å². The van der Waals surface area contributed by atoms with Crippen molar-refractivity contribution < 1.29 is 13.2 Å². The maximum atomic E-state index is 12.1. The zero-order valence-corrected chi connectivity index (χ0v) is 13.4. The number of sulfone groups is 1. The molecule has 1 aliphatic heterocycles. The number of hydrogen-bond acceptors (Lipinski definition) is 4. The van der Waals surface area contributed by atoms with E-state index in [1.54, 1.807) is 18.2 Å². The van der Waals surface area contributed by atoms with Crippen molar-refractivity contribution in [1.82, 2.24) is 5.32 Å². The Balaban J connectivity index is 2.09. The van der Waals surface area contributed by atoms with E-state index >= 15 is 0 Å². The monoisotopic (exact) mass is 363 g/mol. The standard InChI is InChI=1S/C12H14BrNO3S2/c13-8-3-4-10(11(18)6-8)12(15)14-9-2-1-5-19(16,17)7-9/h3-4,6,9,18H,1-2,5,7H2,(H,14,15). The van der Waals surface area contributed by atoms with E-state index < -0.39 is 9.84 Å². The smallest absolute Gasteiger partial charge is 0.252 e. The van der Waals surface area contributed by atoms with Gasteiger partial charge in [-0.2, -0.15) is 0 Å². The van der Waals surface area contributed by atoms with Gasteiger partial charge >= 0.3 is 0 Å². The normalized spacial score (nSPS) is 21.9. The van der Waals surface area contributed by atoms with Crippen LogP contribution in [0.2, 0.25) is 0 Å². The van der Waals surface area contributed by atoms with Gasteiger partial charge in [0.2, 0.25) is 0 Å². The fourth-order valence-corrected chi connectivity index (χ4v) is 4.59. The summed E-state index contributed by atoms with van der Waals surface area (Å²) in [5, 5.41) is 2.77. The van der Waals surface area contributed by atoms with Crippen LogP contribution >= 0.6 is 28.6 Å². The number of halogens is 1. The number of benzene rings is 1. The van der Waals surface area contributed by atoms with Gasteiger partial charge in [0, 0.05) is 15.4 Å². The molecule has 0 saturated carbocycles. The van der Waals surface area contributed by atoms with Gasteiger partial charge in [-0.1, -0.05) is 15.9 Å². The molecule has 1 aliphatic rings. The molecule has 104 valence electrons. The molecular weight excluding hydrogens is 350 g/mol. The summed E-state index contributed by atoms with van der Waals surface area (Å²) < 4.78 is 23.9. The molecule has 1 saturated heterocycles. The Hall–Kier alpha value is -0.530. The van der Waals surface area contributed by atoms with Crippen LogP contribution < -0.4 is 5.32 Å². The third-order valence-corrected chi connectivity index (χ3v) is 5.69. The van der Waals surface area contributed by atoms with Crippen LogP contribution in [-0.4, -0.2) is 31.9 Å². The fraction of sp³-hybridized carbons (Fsp3) is 0.417. The molecule has 0 bridgehead atoms. The minimum atomic E-state index is -3.02. The van der Waals surface area contributed by atoms with Crippen molar-refractivity contribution in [2.75, 3.05) is 11.5 Å². The molecule has 1 unspecified atom stereocenters. The first-order chi connectivity index (χ1) is 8.87. The van der Waals surface area contributed by atoms with Crippen molar-refractivity contribution in [3.05, 3.63) is 28.2 Å². The lowest BCUT2D eigenvalue weighted by Crippen LogP contribution is -2.43. The molecular formula is C12H14BrNO3S2. The Morgan fingerprint density at radius 2 is 2.16 bits per heavy atom. The first-order valence-electron chi connectivity index (χ1n) is 5.87.